The van der Waals surface area contributed by atoms with Crippen LogP contribution in [-0.4, -0.2) is 25.5 Å². The number of rotatable bonds is 2. The lowest BCUT2D eigenvalue weighted by molar-refractivity contribution is -0.145. The van der Waals surface area contributed by atoms with Gasteiger partial charge < -0.3 is 5.32 Å². The highest BCUT2D eigenvalue weighted by Crippen LogP contribution is 1.66. The van der Waals surface area contributed by atoms with E-state index >= 15 is 0 Å². The van der Waals surface area contributed by atoms with E-state index in [0.29, 0.717) is 0 Å². The van der Waals surface area contributed by atoms with Crippen molar-refractivity contribution in [1.29, 1.82) is 5.26 Å². The second-order valence-electron chi connectivity index (χ2n) is 1.48. The molecule has 0 heterocycles. The van der Waals surface area contributed by atoms with E-state index in [1.165, 1.54) is 7.11 Å². The Kier molecular flexibility index (Phi) is 4.44. The zero-order valence-electron chi connectivity index (χ0n) is 5.88. The minimum Gasteiger partial charge on any atom is -0.335 e. The first-order valence-corrected chi connectivity index (χ1v) is 2.70. The summed E-state index contributed by atoms with van der Waals surface area (Å²) in [4.78, 5) is 25.2. The molecule has 0 atom stereocenters. The molecule has 11 heavy (non-hydrogen) atoms. The largest absolute Gasteiger partial charge is 0.335 e. The third-order valence-corrected chi connectivity index (χ3v) is 0.729. The summed E-state index contributed by atoms with van der Waals surface area (Å²) in [5, 5.41) is 10.0. The topological polar surface area (TPSA) is 91.2 Å². The average Bonchev–Trinajstić information content (AvgIpc) is 2.00. The van der Waals surface area contributed by atoms with Gasteiger partial charge in [0.25, 0.3) is 0 Å². The Hall–Kier alpha value is -1.61. The van der Waals surface area contributed by atoms with E-state index < -0.39 is 11.8 Å². The molecule has 0 aromatic rings. The summed E-state index contributed by atoms with van der Waals surface area (Å²) in [7, 11) is 1.20. The number of carbonyl (C=O) groups is 2. The van der Waals surface area contributed by atoms with Crippen LogP contribution in [-0.2, 0) is 14.4 Å². The van der Waals surface area contributed by atoms with Crippen molar-refractivity contribution >= 4 is 11.8 Å². The molecule has 0 fully saturated rings. The van der Waals surface area contributed by atoms with Crippen LogP contribution >= 0.6 is 0 Å². The molecule has 0 aromatic heterocycles. The van der Waals surface area contributed by atoms with Gasteiger partial charge in [-0.2, -0.15) is 5.26 Å². The first-order chi connectivity index (χ1) is 5.22. The normalized spacial score (nSPS) is 8.00. The van der Waals surface area contributed by atoms with Crippen LogP contribution < -0.4 is 10.8 Å². The SMILES string of the molecule is CONC(=O)C(=O)NCC#N. The predicted molar refractivity (Wildman–Crippen MR) is 33.8 cm³/mol. The first kappa shape index (κ1) is 9.39. The number of nitrogens with one attached hydrogen (secondary N) is 2. The molecule has 2 N–H and O–H groups in total. The van der Waals surface area contributed by atoms with Gasteiger partial charge in [-0.25, -0.2) is 5.48 Å². The van der Waals surface area contributed by atoms with Crippen molar-refractivity contribution < 1.29 is 14.4 Å². The Morgan fingerprint density at radius 1 is 1.55 bits per heavy atom. The fraction of sp³-hybridized carbons (Fsp3) is 0.400. The average molecular weight is 157 g/mol. The molecule has 0 bridgehead atoms. The van der Waals surface area contributed by atoms with Crippen LogP contribution in [0.1, 0.15) is 0 Å². The zero-order valence-corrected chi connectivity index (χ0v) is 5.88. The van der Waals surface area contributed by atoms with E-state index in [4.69, 9.17) is 5.26 Å². The summed E-state index contributed by atoms with van der Waals surface area (Å²) in [6, 6.07) is 1.64. The van der Waals surface area contributed by atoms with Crippen molar-refractivity contribution in [2.45, 2.75) is 0 Å². The van der Waals surface area contributed by atoms with Gasteiger partial charge in [0.15, 0.2) is 0 Å². The van der Waals surface area contributed by atoms with E-state index in [9.17, 15) is 9.59 Å². The fourth-order valence-electron chi connectivity index (χ4n) is 0.339. The molecule has 0 saturated heterocycles. The van der Waals surface area contributed by atoms with Gasteiger partial charge in [-0.1, -0.05) is 0 Å². The Balaban J connectivity index is 3.67. The van der Waals surface area contributed by atoms with Crippen LogP contribution in [0.5, 0.6) is 0 Å². The lowest BCUT2D eigenvalue weighted by atomic mass is 10.5. The lowest BCUT2D eigenvalue weighted by Crippen LogP contribution is -2.39. The van der Waals surface area contributed by atoms with Crippen LogP contribution in [0.15, 0.2) is 0 Å². The number of carbonyl (C=O) groups excluding carboxylic acids is 2. The molecule has 2 amide bonds. The Morgan fingerprint density at radius 2 is 2.18 bits per heavy atom. The predicted octanol–water partition coefficient (Wildman–Crippen LogP) is -1.70. The number of hydrogen-bond donors (Lipinski definition) is 2. The van der Waals surface area contributed by atoms with Gasteiger partial charge in [0, 0.05) is 0 Å². The molecular weight excluding hydrogens is 150 g/mol. The van der Waals surface area contributed by atoms with Gasteiger partial charge in [0.05, 0.1) is 13.2 Å². The molecule has 0 aliphatic rings. The molecule has 0 spiro atoms. The maximum atomic E-state index is 10.5. The van der Waals surface area contributed by atoms with E-state index in [1.807, 2.05) is 5.32 Å². The highest BCUT2D eigenvalue weighted by atomic mass is 16.6. The monoisotopic (exact) mass is 157 g/mol. The summed E-state index contributed by atoms with van der Waals surface area (Å²) in [5.74, 6) is -1.82. The molecule has 0 unspecified atom stereocenters. The van der Waals surface area contributed by atoms with Crippen molar-refractivity contribution in [2.75, 3.05) is 13.7 Å². The number of nitrogens with zero attached hydrogens (tertiary/aromatic N) is 1. The molecule has 0 aliphatic carbocycles. The molecule has 0 aliphatic heterocycles. The van der Waals surface area contributed by atoms with Crippen molar-refractivity contribution in [1.82, 2.24) is 10.8 Å². The van der Waals surface area contributed by atoms with Crippen LogP contribution in [0, 0.1) is 11.3 Å². The minimum absolute atomic E-state index is 0.198. The maximum absolute atomic E-state index is 10.5. The summed E-state index contributed by atoms with van der Waals surface area (Å²) in [6.45, 7) is -0.198. The Labute approximate surface area is 63.1 Å². The quantitative estimate of drug-likeness (QED) is 0.284. The number of nitriles is 1. The molecule has 6 nitrogen and oxygen atoms in total. The third kappa shape index (κ3) is 3.89. The number of hydroxylamine groups is 1. The fourth-order valence-corrected chi connectivity index (χ4v) is 0.339. The van der Waals surface area contributed by atoms with Gasteiger partial charge >= 0.3 is 11.8 Å². The molecule has 0 radical (unpaired) electrons. The highest BCUT2D eigenvalue weighted by Gasteiger charge is 2.10. The smallest absolute Gasteiger partial charge is 0.332 e. The van der Waals surface area contributed by atoms with Crippen LogP contribution in [0.4, 0.5) is 0 Å². The minimum atomic E-state index is -0.928. The van der Waals surface area contributed by atoms with Gasteiger partial charge in [-0.3, -0.25) is 14.4 Å². The van der Waals surface area contributed by atoms with Crippen molar-refractivity contribution in [3.05, 3.63) is 0 Å². The van der Waals surface area contributed by atoms with Crippen LogP contribution in [0.25, 0.3) is 0 Å². The van der Waals surface area contributed by atoms with Crippen molar-refractivity contribution in [2.24, 2.45) is 0 Å². The molecule has 60 valence electrons. The second kappa shape index (κ2) is 5.20. The number of amides is 2. The van der Waals surface area contributed by atoms with E-state index in [2.05, 4.69) is 4.84 Å². The van der Waals surface area contributed by atoms with E-state index in [-0.39, 0.29) is 6.54 Å². The van der Waals surface area contributed by atoms with Gasteiger partial charge in [-0.05, 0) is 0 Å². The first-order valence-electron chi connectivity index (χ1n) is 2.70. The highest BCUT2D eigenvalue weighted by molar-refractivity contribution is 6.34. The summed E-state index contributed by atoms with van der Waals surface area (Å²) in [6.07, 6.45) is 0. The van der Waals surface area contributed by atoms with E-state index in [0.717, 1.165) is 0 Å². The molecule has 0 aromatic carbocycles. The summed E-state index contributed by atoms with van der Waals surface area (Å²) in [5.41, 5.74) is 1.79. The standard InChI is InChI=1S/C5H7N3O3/c1-11-8-5(10)4(9)7-3-2-6/h3H2,1H3,(H,7,9)(H,8,10). The molecule has 0 saturated carbocycles. The van der Waals surface area contributed by atoms with Crippen molar-refractivity contribution in [3.8, 4) is 6.07 Å². The van der Waals surface area contributed by atoms with Gasteiger partial charge in [-0.15, -0.1) is 0 Å². The Bertz CT molecular complexity index is 196. The van der Waals surface area contributed by atoms with Crippen LogP contribution in [0.3, 0.4) is 0 Å². The van der Waals surface area contributed by atoms with Crippen LogP contribution in [0.2, 0.25) is 0 Å². The third-order valence-electron chi connectivity index (χ3n) is 0.729. The summed E-state index contributed by atoms with van der Waals surface area (Å²) >= 11 is 0. The zero-order chi connectivity index (χ0) is 8.69. The molecule has 6 heteroatoms. The maximum Gasteiger partial charge on any atom is 0.332 e. The van der Waals surface area contributed by atoms with Crippen molar-refractivity contribution in [3.63, 3.8) is 0 Å². The Morgan fingerprint density at radius 3 is 2.64 bits per heavy atom. The molecular formula is C5H7N3O3. The van der Waals surface area contributed by atoms with Gasteiger partial charge in [0.2, 0.25) is 0 Å². The molecule has 0 rings (SSSR count). The van der Waals surface area contributed by atoms with Gasteiger partial charge in [0.1, 0.15) is 6.54 Å². The lowest BCUT2D eigenvalue weighted by Gasteiger charge is -1.99. The summed E-state index contributed by atoms with van der Waals surface area (Å²) < 4.78 is 0. The number of hydrogen-bond acceptors (Lipinski definition) is 4. The second-order valence-corrected chi connectivity index (χ2v) is 1.48. The van der Waals surface area contributed by atoms with E-state index in [1.54, 1.807) is 11.5 Å².